The number of aromatic nitrogens is 1. The molecule has 0 fully saturated rings. The van der Waals surface area contributed by atoms with Crippen molar-refractivity contribution in [1.29, 1.82) is 0 Å². The Hall–Kier alpha value is -0.890. The molecular formula is C7H7ClN2. The number of hydrogen-bond acceptors (Lipinski definition) is 1. The molecule has 0 aliphatic carbocycles. The monoisotopic (exact) mass is 154 g/mol. The zero-order valence-electron chi connectivity index (χ0n) is 5.32. The summed E-state index contributed by atoms with van der Waals surface area (Å²) in [6.07, 6.45) is 3.85. The van der Waals surface area contributed by atoms with Crippen LogP contribution in [-0.2, 0) is 0 Å². The van der Waals surface area contributed by atoms with Crippen molar-refractivity contribution in [3.63, 3.8) is 0 Å². The molecule has 3 heteroatoms. The number of halogens is 1. The second-order valence-electron chi connectivity index (χ2n) is 2.25. The fourth-order valence-corrected chi connectivity index (χ4v) is 1.23. The topological polar surface area (TPSA) is 27.8 Å². The third-order valence-electron chi connectivity index (χ3n) is 1.53. The first-order chi connectivity index (χ1) is 4.86. The number of H-pyrrole nitrogens is 1. The van der Waals surface area contributed by atoms with Crippen molar-refractivity contribution in [3.8, 4) is 0 Å². The van der Waals surface area contributed by atoms with Crippen molar-refractivity contribution in [2.24, 2.45) is 0 Å². The van der Waals surface area contributed by atoms with Gasteiger partial charge in [-0.2, -0.15) is 0 Å². The molecule has 2 N–H and O–H groups in total. The molecule has 0 unspecified atom stereocenters. The van der Waals surface area contributed by atoms with Crippen molar-refractivity contribution in [3.05, 3.63) is 22.9 Å². The number of rotatable bonds is 0. The van der Waals surface area contributed by atoms with Gasteiger partial charge in [-0.25, -0.2) is 0 Å². The van der Waals surface area contributed by atoms with E-state index in [2.05, 4.69) is 10.3 Å². The molecule has 2 heterocycles. The van der Waals surface area contributed by atoms with Gasteiger partial charge in [-0.1, -0.05) is 11.6 Å². The number of hydrogen-bond donors (Lipinski definition) is 2. The fourth-order valence-electron chi connectivity index (χ4n) is 1.05. The molecule has 2 nitrogen and oxygen atoms in total. The van der Waals surface area contributed by atoms with Crippen LogP contribution in [0.2, 0.25) is 0 Å². The Morgan fingerprint density at radius 2 is 2.40 bits per heavy atom. The molecule has 0 atom stereocenters. The Balaban J connectivity index is 2.50. The van der Waals surface area contributed by atoms with E-state index in [4.69, 9.17) is 11.6 Å². The van der Waals surface area contributed by atoms with Crippen LogP contribution in [0.4, 0.5) is 5.82 Å². The summed E-state index contributed by atoms with van der Waals surface area (Å²) < 4.78 is 0. The molecule has 1 aliphatic rings. The van der Waals surface area contributed by atoms with Gasteiger partial charge in [-0.05, 0) is 12.1 Å². The van der Waals surface area contributed by atoms with Crippen molar-refractivity contribution in [2.45, 2.75) is 0 Å². The lowest BCUT2D eigenvalue weighted by atomic mass is 10.2. The first kappa shape index (κ1) is 5.86. The highest BCUT2D eigenvalue weighted by Gasteiger charge is 2.06. The van der Waals surface area contributed by atoms with E-state index in [-0.39, 0.29) is 0 Å². The first-order valence-corrected chi connectivity index (χ1v) is 3.51. The van der Waals surface area contributed by atoms with Crippen LogP contribution < -0.4 is 5.32 Å². The highest BCUT2D eigenvalue weighted by atomic mass is 35.5. The maximum Gasteiger partial charge on any atom is 0.110 e. The molecular weight excluding hydrogens is 148 g/mol. The second kappa shape index (κ2) is 2.06. The summed E-state index contributed by atoms with van der Waals surface area (Å²) >= 11 is 5.79. The standard InChI is InChI=1S/C7H7ClN2/c8-6-3-5-1-2-9-7(5)10-4-6/h1-3,9-10H,4H2. The molecule has 0 saturated carbocycles. The third-order valence-corrected chi connectivity index (χ3v) is 1.77. The predicted octanol–water partition coefficient (Wildman–Crippen LogP) is 2.02. The molecule has 0 aromatic carbocycles. The molecule has 0 spiro atoms. The summed E-state index contributed by atoms with van der Waals surface area (Å²) in [6, 6.07) is 1.99. The van der Waals surface area contributed by atoms with Crippen LogP contribution in [-0.4, -0.2) is 11.5 Å². The highest BCUT2D eigenvalue weighted by Crippen LogP contribution is 2.22. The van der Waals surface area contributed by atoms with E-state index in [9.17, 15) is 0 Å². The van der Waals surface area contributed by atoms with Crippen molar-refractivity contribution < 1.29 is 0 Å². The van der Waals surface area contributed by atoms with Gasteiger partial charge in [0.15, 0.2) is 0 Å². The molecule has 1 aromatic heterocycles. The van der Waals surface area contributed by atoms with Gasteiger partial charge in [0, 0.05) is 16.8 Å². The highest BCUT2D eigenvalue weighted by molar-refractivity contribution is 6.32. The summed E-state index contributed by atoms with van der Waals surface area (Å²) in [5, 5.41) is 3.99. The summed E-state index contributed by atoms with van der Waals surface area (Å²) in [4.78, 5) is 3.06. The summed E-state index contributed by atoms with van der Waals surface area (Å²) in [5.41, 5.74) is 1.14. The maximum absolute atomic E-state index is 5.79. The van der Waals surface area contributed by atoms with Crippen LogP contribution in [0, 0.1) is 0 Å². The molecule has 1 aromatic rings. The minimum absolute atomic E-state index is 0.731. The van der Waals surface area contributed by atoms with Crippen molar-refractivity contribution in [2.75, 3.05) is 11.9 Å². The maximum atomic E-state index is 5.79. The average Bonchev–Trinajstić information content (AvgIpc) is 2.33. The Morgan fingerprint density at radius 3 is 3.30 bits per heavy atom. The van der Waals surface area contributed by atoms with Crippen molar-refractivity contribution >= 4 is 23.5 Å². The van der Waals surface area contributed by atoms with Gasteiger partial charge in [-0.15, -0.1) is 0 Å². The van der Waals surface area contributed by atoms with E-state index in [0.29, 0.717) is 0 Å². The van der Waals surface area contributed by atoms with E-state index < -0.39 is 0 Å². The quantitative estimate of drug-likeness (QED) is 0.588. The van der Waals surface area contributed by atoms with E-state index in [1.807, 2.05) is 18.3 Å². The van der Waals surface area contributed by atoms with Crippen LogP contribution in [0.3, 0.4) is 0 Å². The Bertz CT molecular complexity index is 275. The van der Waals surface area contributed by atoms with E-state index >= 15 is 0 Å². The Kier molecular flexibility index (Phi) is 1.21. The number of anilines is 1. The van der Waals surface area contributed by atoms with Crippen molar-refractivity contribution in [1.82, 2.24) is 4.98 Å². The molecule has 0 radical (unpaired) electrons. The fraction of sp³-hybridized carbons (Fsp3) is 0.143. The van der Waals surface area contributed by atoms with Crippen LogP contribution in [0.15, 0.2) is 17.3 Å². The molecule has 0 saturated heterocycles. The van der Waals surface area contributed by atoms with Crippen LogP contribution in [0.1, 0.15) is 5.56 Å². The lowest BCUT2D eigenvalue weighted by molar-refractivity contribution is 1.23. The van der Waals surface area contributed by atoms with Crippen LogP contribution >= 0.6 is 11.6 Å². The average molecular weight is 155 g/mol. The number of aromatic amines is 1. The molecule has 1 aliphatic heterocycles. The van der Waals surface area contributed by atoms with Gasteiger partial charge < -0.3 is 10.3 Å². The Morgan fingerprint density at radius 1 is 1.50 bits per heavy atom. The van der Waals surface area contributed by atoms with Gasteiger partial charge >= 0.3 is 0 Å². The van der Waals surface area contributed by atoms with Crippen LogP contribution in [0.5, 0.6) is 0 Å². The van der Waals surface area contributed by atoms with Gasteiger partial charge in [0.25, 0.3) is 0 Å². The third kappa shape index (κ3) is 0.809. The summed E-state index contributed by atoms with van der Waals surface area (Å²) in [6.45, 7) is 0.731. The zero-order chi connectivity index (χ0) is 6.97. The first-order valence-electron chi connectivity index (χ1n) is 3.13. The summed E-state index contributed by atoms with van der Waals surface area (Å²) in [5.74, 6) is 1.06. The molecule has 10 heavy (non-hydrogen) atoms. The van der Waals surface area contributed by atoms with E-state index in [1.165, 1.54) is 0 Å². The molecule has 2 rings (SSSR count). The van der Waals surface area contributed by atoms with Crippen LogP contribution in [0.25, 0.3) is 6.08 Å². The Labute approximate surface area is 63.9 Å². The predicted molar refractivity (Wildman–Crippen MR) is 43.1 cm³/mol. The zero-order valence-corrected chi connectivity index (χ0v) is 6.07. The van der Waals surface area contributed by atoms with E-state index in [1.54, 1.807) is 0 Å². The largest absolute Gasteiger partial charge is 0.366 e. The summed E-state index contributed by atoms with van der Waals surface area (Å²) in [7, 11) is 0. The minimum atomic E-state index is 0.731. The second-order valence-corrected chi connectivity index (χ2v) is 2.74. The molecule has 0 bridgehead atoms. The number of nitrogens with one attached hydrogen (secondary N) is 2. The number of fused-ring (bicyclic) bond motifs is 1. The van der Waals surface area contributed by atoms with Gasteiger partial charge in [0.2, 0.25) is 0 Å². The lowest BCUT2D eigenvalue weighted by Crippen LogP contribution is -2.06. The molecule has 52 valence electrons. The normalized spacial score (nSPS) is 15.5. The minimum Gasteiger partial charge on any atom is -0.366 e. The lowest BCUT2D eigenvalue weighted by Gasteiger charge is -2.09. The SMILES string of the molecule is ClC1=Cc2cc[nH]c2NC1. The molecule has 0 amide bonds. The van der Waals surface area contributed by atoms with Gasteiger partial charge in [0.1, 0.15) is 5.82 Å². The van der Waals surface area contributed by atoms with E-state index in [0.717, 1.165) is 23.0 Å². The van der Waals surface area contributed by atoms with Gasteiger partial charge in [-0.3, -0.25) is 0 Å². The smallest absolute Gasteiger partial charge is 0.110 e. The van der Waals surface area contributed by atoms with Gasteiger partial charge in [0.05, 0.1) is 6.54 Å².